The average Bonchev–Trinajstić information content (AvgIpc) is 2.45. The van der Waals surface area contributed by atoms with Gasteiger partial charge >= 0.3 is 0 Å². The summed E-state index contributed by atoms with van der Waals surface area (Å²) >= 11 is 8.66. The summed E-state index contributed by atoms with van der Waals surface area (Å²) in [4.78, 5) is 0. The minimum absolute atomic E-state index is 0.559. The molecular formula is C16H17BrN2OS. The van der Waals surface area contributed by atoms with Crippen LogP contribution in [0.2, 0.25) is 0 Å². The Hall–Kier alpha value is -1.59. The Morgan fingerprint density at radius 2 is 1.95 bits per heavy atom. The van der Waals surface area contributed by atoms with Crippen molar-refractivity contribution in [3.63, 3.8) is 0 Å². The molecule has 0 radical (unpaired) electrons. The predicted molar refractivity (Wildman–Crippen MR) is 95.0 cm³/mol. The Labute approximate surface area is 138 Å². The molecule has 0 aliphatic heterocycles. The molecule has 0 spiro atoms. The first-order chi connectivity index (χ1) is 10.1. The van der Waals surface area contributed by atoms with Gasteiger partial charge in [-0.1, -0.05) is 39.7 Å². The van der Waals surface area contributed by atoms with E-state index in [2.05, 4.69) is 33.5 Å². The lowest BCUT2D eigenvalue weighted by molar-refractivity contribution is 0.322. The number of ether oxygens (including phenoxy) is 1. The first-order valence-corrected chi connectivity index (χ1v) is 7.83. The van der Waals surface area contributed by atoms with Crippen LogP contribution in [0.4, 0.5) is 5.69 Å². The molecular weight excluding hydrogens is 348 g/mol. The Balaban J connectivity index is 1.68. The molecule has 21 heavy (non-hydrogen) atoms. The van der Waals surface area contributed by atoms with Gasteiger partial charge in [-0.05, 0) is 49.5 Å². The molecule has 2 aromatic carbocycles. The van der Waals surface area contributed by atoms with Gasteiger partial charge in [0, 0.05) is 10.2 Å². The third kappa shape index (κ3) is 5.73. The first-order valence-electron chi connectivity index (χ1n) is 6.63. The Kier molecular flexibility index (Phi) is 6.02. The van der Waals surface area contributed by atoms with E-state index in [1.807, 2.05) is 48.5 Å². The van der Waals surface area contributed by atoms with Crippen LogP contribution in [0.1, 0.15) is 5.56 Å². The third-order valence-corrected chi connectivity index (χ3v) is 3.50. The number of hydrogen-bond donors (Lipinski definition) is 2. The van der Waals surface area contributed by atoms with Crippen molar-refractivity contribution in [2.75, 3.05) is 18.5 Å². The Bertz CT molecular complexity index is 601. The van der Waals surface area contributed by atoms with Crippen LogP contribution in [0.25, 0.3) is 0 Å². The number of nitrogens with one attached hydrogen (secondary N) is 2. The molecule has 0 aromatic heterocycles. The first kappa shape index (κ1) is 15.8. The fourth-order valence-electron chi connectivity index (χ4n) is 1.71. The van der Waals surface area contributed by atoms with Gasteiger partial charge in [0.2, 0.25) is 0 Å². The zero-order valence-electron chi connectivity index (χ0n) is 11.7. The van der Waals surface area contributed by atoms with E-state index in [4.69, 9.17) is 17.0 Å². The van der Waals surface area contributed by atoms with Crippen LogP contribution in [0.3, 0.4) is 0 Å². The van der Waals surface area contributed by atoms with Crippen LogP contribution in [0.15, 0.2) is 53.0 Å². The molecule has 5 heteroatoms. The molecule has 0 aliphatic carbocycles. The largest absolute Gasteiger partial charge is 0.492 e. The lowest BCUT2D eigenvalue weighted by Crippen LogP contribution is -2.31. The molecule has 110 valence electrons. The van der Waals surface area contributed by atoms with E-state index in [9.17, 15) is 0 Å². The highest BCUT2D eigenvalue weighted by molar-refractivity contribution is 9.10. The lowest BCUT2D eigenvalue weighted by atomic mass is 10.2. The van der Waals surface area contributed by atoms with E-state index in [1.54, 1.807) is 0 Å². The fourth-order valence-corrected chi connectivity index (χ4v) is 2.33. The number of rotatable bonds is 5. The molecule has 2 N–H and O–H groups in total. The van der Waals surface area contributed by atoms with E-state index in [0.717, 1.165) is 15.9 Å². The minimum Gasteiger partial charge on any atom is -0.492 e. The SMILES string of the molecule is Cc1ccc(OCCNC(=S)Nc2cccc(Br)c2)cc1. The Morgan fingerprint density at radius 3 is 2.67 bits per heavy atom. The second kappa shape index (κ2) is 8.00. The summed E-state index contributed by atoms with van der Waals surface area (Å²) in [5.41, 5.74) is 2.17. The van der Waals surface area contributed by atoms with Gasteiger partial charge in [-0.25, -0.2) is 0 Å². The van der Waals surface area contributed by atoms with Crippen molar-refractivity contribution in [3.8, 4) is 5.75 Å². The molecule has 0 fully saturated rings. The maximum atomic E-state index is 5.62. The number of benzene rings is 2. The highest BCUT2D eigenvalue weighted by atomic mass is 79.9. The molecule has 0 bridgehead atoms. The van der Waals surface area contributed by atoms with Gasteiger partial charge in [0.25, 0.3) is 0 Å². The summed E-state index contributed by atoms with van der Waals surface area (Å²) in [5.74, 6) is 0.869. The summed E-state index contributed by atoms with van der Waals surface area (Å²) in [6.45, 7) is 3.26. The minimum atomic E-state index is 0.559. The molecule has 3 nitrogen and oxygen atoms in total. The van der Waals surface area contributed by atoms with Gasteiger partial charge in [-0.3, -0.25) is 0 Å². The highest BCUT2D eigenvalue weighted by Gasteiger charge is 1.98. The molecule has 0 saturated carbocycles. The van der Waals surface area contributed by atoms with Gasteiger partial charge in [-0.2, -0.15) is 0 Å². The zero-order valence-corrected chi connectivity index (χ0v) is 14.1. The average molecular weight is 365 g/mol. The van der Waals surface area contributed by atoms with Crippen LogP contribution in [-0.4, -0.2) is 18.3 Å². The van der Waals surface area contributed by atoms with Crippen LogP contribution in [0.5, 0.6) is 5.75 Å². The van der Waals surface area contributed by atoms with Crippen molar-refractivity contribution in [2.45, 2.75) is 6.92 Å². The number of thiocarbonyl (C=S) groups is 1. The van der Waals surface area contributed by atoms with Crippen molar-refractivity contribution >= 4 is 38.9 Å². The fraction of sp³-hybridized carbons (Fsp3) is 0.188. The molecule has 0 aliphatic rings. The summed E-state index contributed by atoms with van der Waals surface area (Å²) in [5, 5.41) is 6.82. The second-order valence-corrected chi connectivity index (χ2v) is 5.88. The predicted octanol–water partition coefficient (Wildman–Crippen LogP) is 4.12. The van der Waals surface area contributed by atoms with Gasteiger partial charge in [0.1, 0.15) is 12.4 Å². The van der Waals surface area contributed by atoms with Crippen LogP contribution >= 0.6 is 28.1 Å². The topological polar surface area (TPSA) is 33.3 Å². The normalized spacial score (nSPS) is 10.0. The van der Waals surface area contributed by atoms with Gasteiger partial charge < -0.3 is 15.4 Å². The highest BCUT2D eigenvalue weighted by Crippen LogP contribution is 2.15. The van der Waals surface area contributed by atoms with Crippen molar-refractivity contribution in [3.05, 3.63) is 58.6 Å². The van der Waals surface area contributed by atoms with E-state index in [1.165, 1.54) is 5.56 Å². The number of aryl methyl sites for hydroxylation is 1. The van der Waals surface area contributed by atoms with Gasteiger partial charge in [0.05, 0.1) is 6.54 Å². The third-order valence-electron chi connectivity index (χ3n) is 2.76. The molecule has 0 unspecified atom stereocenters. The Morgan fingerprint density at radius 1 is 1.19 bits per heavy atom. The molecule has 2 aromatic rings. The number of halogens is 1. The monoisotopic (exact) mass is 364 g/mol. The van der Waals surface area contributed by atoms with Crippen LogP contribution in [0, 0.1) is 6.92 Å². The zero-order chi connectivity index (χ0) is 15.1. The van der Waals surface area contributed by atoms with E-state index in [-0.39, 0.29) is 0 Å². The maximum Gasteiger partial charge on any atom is 0.170 e. The molecule has 2 rings (SSSR count). The van der Waals surface area contributed by atoms with Crippen molar-refractivity contribution < 1.29 is 4.74 Å². The maximum absolute atomic E-state index is 5.62. The van der Waals surface area contributed by atoms with E-state index in [0.29, 0.717) is 18.3 Å². The summed E-state index contributed by atoms with van der Waals surface area (Å²) < 4.78 is 6.64. The molecule has 0 heterocycles. The molecule has 0 amide bonds. The van der Waals surface area contributed by atoms with Crippen LogP contribution < -0.4 is 15.4 Å². The van der Waals surface area contributed by atoms with Crippen LogP contribution in [-0.2, 0) is 0 Å². The van der Waals surface area contributed by atoms with Crippen molar-refractivity contribution in [2.24, 2.45) is 0 Å². The summed E-state index contributed by atoms with van der Waals surface area (Å²) in [7, 11) is 0. The van der Waals surface area contributed by atoms with E-state index < -0.39 is 0 Å². The second-order valence-electron chi connectivity index (χ2n) is 4.55. The summed E-state index contributed by atoms with van der Waals surface area (Å²) in [6, 6.07) is 15.8. The lowest BCUT2D eigenvalue weighted by Gasteiger charge is -2.11. The number of hydrogen-bond acceptors (Lipinski definition) is 2. The molecule has 0 atom stereocenters. The van der Waals surface area contributed by atoms with Crippen molar-refractivity contribution in [1.29, 1.82) is 0 Å². The number of anilines is 1. The van der Waals surface area contributed by atoms with Crippen molar-refractivity contribution in [1.82, 2.24) is 5.32 Å². The standard InChI is InChI=1S/C16H17BrN2OS/c1-12-5-7-15(8-6-12)20-10-9-18-16(21)19-14-4-2-3-13(17)11-14/h2-8,11H,9-10H2,1H3,(H2,18,19,21). The van der Waals surface area contributed by atoms with Gasteiger partial charge in [0.15, 0.2) is 5.11 Å². The smallest absolute Gasteiger partial charge is 0.170 e. The summed E-state index contributed by atoms with van der Waals surface area (Å²) in [6.07, 6.45) is 0. The quantitative estimate of drug-likeness (QED) is 0.617. The molecule has 0 saturated heterocycles. The van der Waals surface area contributed by atoms with E-state index >= 15 is 0 Å². The van der Waals surface area contributed by atoms with Gasteiger partial charge in [-0.15, -0.1) is 0 Å².